The highest BCUT2D eigenvalue weighted by atomic mass is 32.1. The van der Waals surface area contributed by atoms with Crippen molar-refractivity contribution in [2.75, 3.05) is 0 Å². The van der Waals surface area contributed by atoms with Crippen molar-refractivity contribution in [3.63, 3.8) is 0 Å². The van der Waals surface area contributed by atoms with E-state index >= 15 is 0 Å². The van der Waals surface area contributed by atoms with Crippen LogP contribution < -0.4 is 5.73 Å². The smallest absolute Gasteiger partial charge is 0.123 e. The average molecular weight is 261 g/mol. The predicted molar refractivity (Wildman–Crippen MR) is 71.1 cm³/mol. The van der Waals surface area contributed by atoms with Gasteiger partial charge in [0.05, 0.1) is 12.5 Å². The van der Waals surface area contributed by atoms with Crippen molar-refractivity contribution >= 4 is 21.4 Å². The Hall–Kier alpha value is -1.65. The first-order chi connectivity index (χ1) is 8.72. The zero-order valence-electron chi connectivity index (χ0n) is 9.60. The quantitative estimate of drug-likeness (QED) is 0.777. The van der Waals surface area contributed by atoms with Crippen LogP contribution in [0.25, 0.3) is 10.1 Å². The third-order valence-electron chi connectivity index (χ3n) is 2.90. The number of thiophene rings is 1. The molecule has 0 aliphatic rings. The van der Waals surface area contributed by atoms with Gasteiger partial charge in [0.2, 0.25) is 0 Å². The van der Waals surface area contributed by atoms with E-state index in [0.29, 0.717) is 0 Å². The van der Waals surface area contributed by atoms with E-state index < -0.39 is 0 Å². The number of fused-ring (bicyclic) bond motifs is 1. The van der Waals surface area contributed by atoms with E-state index in [-0.39, 0.29) is 11.9 Å². The fraction of sp³-hybridized carbons (Fsp3) is 0.143. The largest absolute Gasteiger partial charge is 0.472 e. The lowest BCUT2D eigenvalue weighted by Crippen LogP contribution is -2.11. The van der Waals surface area contributed by atoms with Gasteiger partial charge in [-0.2, -0.15) is 0 Å². The molecular weight excluding hydrogens is 249 g/mol. The van der Waals surface area contributed by atoms with Crippen LogP contribution in [-0.4, -0.2) is 0 Å². The molecule has 1 unspecified atom stereocenters. The Balaban J connectivity index is 1.89. The highest BCUT2D eigenvalue weighted by molar-refractivity contribution is 7.19. The van der Waals surface area contributed by atoms with Crippen LogP contribution in [0.2, 0.25) is 0 Å². The summed E-state index contributed by atoms with van der Waals surface area (Å²) in [6, 6.07) is 8.61. The SMILES string of the molecule is NC(Cc1ccoc1)c1cc2cc(F)ccc2s1. The minimum absolute atomic E-state index is 0.0805. The van der Waals surface area contributed by atoms with Crippen molar-refractivity contribution in [1.29, 1.82) is 0 Å². The number of hydrogen-bond donors (Lipinski definition) is 1. The number of furan rings is 1. The Bertz CT molecular complexity index is 660. The Morgan fingerprint density at radius 2 is 2.17 bits per heavy atom. The standard InChI is InChI=1S/C14H12FNOS/c15-11-1-2-13-10(6-11)7-14(18-13)12(16)5-9-3-4-17-8-9/h1-4,6-8,12H,5,16H2. The molecule has 18 heavy (non-hydrogen) atoms. The van der Waals surface area contributed by atoms with Gasteiger partial charge < -0.3 is 10.2 Å². The van der Waals surface area contributed by atoms with Crippen molar-refractivity contribution in [2.45, 2.75) is 12.5 Å². The number of halogens is 1. The topological polar surface area (TPSA) is 39.2 Å². The van der Waals surface area contributed by atoms with E-state index in [2.05, 4.69) is 0 Å². The van der Waals surface area contributed by atoms with Gasteiger partial charge in [0.15, 0.2) is 0 Å². The molecule has 0 saturated carbocycles. The highest BCUT2D eigenvalue weighted by Gasteiger charge is 2.12. The first-order valence-corrected chi connectivity index (χ1v) is 6.50. The van der Waals surface area contributed by atoms with Crippen LogP contribution in [0.5, 0.6) is 0 Å². The number of rotatable bonds is 3. The summed E-state index contributed by atoms with van der Waals surface area (Å²) in [5.41, 5.74) is 7.24. The van der Waals surface area contributed by atoms with Crippen molar-refractivity contribution in [2.24, 2.45) is 5.73 Å². The Kier molecular flexibility index (Phi) is 2.89. The lowest BCUT2D eigenvalue weighted by Gasteiger charge is -2.06. The van der Waals surface area contributed by atoms with E-state index in [4.69, 9.17) is 10.2 Å². The van der Waals surface area contributed by atoms with E-state index in [9.17, 15) is 4.39 Å². The van der Waals surface area contributed by atoms with Gasteiger partial charge in [-0.15, -0.1) is 11.3 Å². The number of nitrogens with two attached hydrogens (primary N) is 1. The van der Waals surface area contributed by atoms with Crippen LogP contribution in [0.1, 0.15) is 16.5 Å². The van der Waals surface area contributed by atoms with E-state index in [1.807, 2.05) is 12.1 Å². The lowest BCUT2D eigenvalue weighted by atomic mass is 10.1. The summed E-state index contributed by atoms with van der Waals surface area (Å²) >= 11 is 1.61. The van der Waals surface area contributed by atoms with Crippen LogP contribution in [-0.2, 0) is 6.42 Å². The van der Waals surface area contributed by atoms with Crippen LogP contribution in [0.15, 0.2) is 47.3 Å². The lowest BCUT2D eigenvalue weighted by molar-refractivity contribution is 0.561. The molecule has 0 aliphatic heterocycles. The van der Waals surface area contributed by atoms with Gasteiger partial charge in [-0.05, 0) is 47.7 Å². The minimum Gasteiger partial charge on any atom is -0.472 e. The average Bonchev–Trinajstić information content (AvgIpc) is 2.96. The van der Waals surface area contributed by atoms with Crippen molar-refractivity contribution in [3.8, 4) is 0 Å². The molecule has 1 aromatic carbocycles. The first kappa shape index (κ1) is 11.4. The maximum absolute atomic E-state index is 13.1. The molecule has 4 heteroatoms. The predicted octanol–water partition coefficient (Wildman–Crippen LogP) is 3.88. The summed E-state index contributed by atoms with van der Waals surface area (Å²) < 4.78 is 19.2. The van der Waals surface area contributed by atoms with Crippen molar-refractivity contribution in [3.05, 3.63) is 59.1 Å². The van der Waals surface area contributed by atoms with Crippen LogP contribution in [0.3, 0.4) is 0 Å². The zero-order chi connectivity index (χ0) is 12.5. The van der Waals surface area contributed by atoms with Crippen LogP contribution >= 0.6 is 11.3 Å². The molecule has 2 N–H and O–H groups in total. The van der Waals surface area contributed by atoms with Gasteiger partial charge in [0, 0.05) is 15.6 Å². The molecule has 1 atom stereocenters. The summed E-state index contributed by atoms with van der Waals surface area (Å²) in [5.74, 6) is -0.213. The minimum atomic E-state index is -0.213. The van der Waals surface area contributed by atoms with Gasteiger partial charge in [0.1, 0.15) is 5.82 Å². The number of benzene rings is 1. The highest BCUT2D eigenvalue weighted by Crippen LogP contribution is 2.30. The third-order valence-corrected chi connectivity index (χ3v) is 4.15. The molecule has 3 aromatic rings. The Morgan fingerprint density at radius 1 is 1.28 bits per heavy atom. The maximum atomic E-state index is 13.1. The van der Waals surface area contributed by atoms with Crippen LogP contribution in [0, 0.1) is 5.82 Å². The molecular formula is C14H12FNOS. The molecule has 0 fully saturated rings. The van der Waals surface area contributed by atoms with E-state index in [1.165, 1.54) is 6.07 Å². The summed E-state index contributed by atoms with van der Waals surface area (Å²) in [6.45, 7) is 0. The second-order valence-electron chi connectivity index (χ2n) is 4.27. The van der Waals surface area contributed by atoms with Gasteiger partial charge in [-0.3, -0.25) is 0 Å². The summed E-state index contributed by atoms with van der Waals surface area (Å²) in [7, 11) is 0. The fourth-order valence-corrected chi connectivity index (χ4v) is 3.03. The molecule has 0 saturated heterocycles. The molecule has 92 valence electrons. The fourth-order valence-electron chi connectivity index (χ4n) is 1.98. The summed E-state index contributed by atoms with van der Waals surface area (Å²) in [5, 5.41) is 0.914. The van der Waals surface area contributed by atoms with Gasteiger partial charge in [0.25, 0.3) is 0 Å². The van der Waals surface area contributed by atoms with Gasteiger partial charge in [-0.1, -0.05) is 0 Å². The summed E-state index contributed by atoms with van der Waals surface area (Å²) in [6.07, 6.45) is 4.07. The van der Waals surface area contributed by atoms with E-state index in [1.54, 1.807) is 36.0 Å². The molecule has 2 heterocycles. The Morgan fingerprint density at radius 3 is 2.94 bits per heavy atom. The normalized spacial score (nSPS) is 13.0. The van der Waals surface area contributed by atoms with Crippen LogP contribution in [0.4, 0.5) is 4.39 Å². The van der Waals surface area contributed by atoms with Gasteiger partial charge >= 0.3 is 0 Å². The van der Waals surface area contributed by atoms with E-state index in [0.717, 1.165) is 26.9 Å². The molecule has 2 aromatic heterocycles. The molecule has 0 aliphatic carbocycles. The third kappa shape index (κ3) is 2.17. The van der Waals surface area contributed by atoms with Crippen molar-refractivity contribution in [1.82, 2.24) is 0 Å². The molecule has 2 nitrogen and oxygen atoms in total. The molecule has 0 amide bonds. The number of hydrogen-bond acceptors (Lipinski definition) is 3. The van der Waals surface area contributed by atoms with Gasteiger partial charge in [-0.25, -0.2) is 4.39 Å². The first-order valence-electron chi connectivity index (χ1n) is 5.68. The Labute approximate surface area is 108 Å². The molecule has 3 rings (SSSR count). The second-order valence-corrected chi connectivity index (χ2v) is 5.39. The molecule has 0 bridgehead atoms. The molecule has 0 spiro atoms. The molecule has 0 radical (unpaired) electrons. The van der Waals surface area contributed by atoms with Crippen molar-refractivity contribution < 1.29 is 8.81 Å². The zero-order valence-corrected chi connectivity index (χ0v) is 10.4. The summed E-state index contributed by atoms with van der Waals surface area (Å²) in [4.78, 5) is 1.07. The maximum Gasteiger partial charge on any atom is 0.123 e. The monoisotopic (exact) mass is 261 g/mol. The second kappa shape index (κ2) is 4.55.